The minimum Gasteiger partial charge on any atom is -0.357 e. The molecule has 0 unspecified atom stereocenters. The summed E-state index contributed by atoms with van der Waals surface area (Å²) >= 11 is 2.66. The number of hydrogen-bond donors (Lipinski definition) is 2. The van der Waals surface area contributed by atoms with Crippen LogP contribution in [0, 0.1) is 0 Å². The Kier molecular flexibility index (Phi) is 6.84. The van der Waals surface area contributed by atoms with Gasteiger partial charge >= 0.3 is 6.18 Å². The van der Waals surface area contributed by atoms with E-state index in [4.69, 9.17) is 0 Å². The highest BCUT2D eigenvalue weighted by Crippen LogP contribution is 2.30. The molecule has 2 aromatic heterocycles. The third-order valence-corrected chi connectivity index (χ3v) is 5.69. The van der Waals surface area contributed by atoms with Gasteiger partial charge in [0.2, 0.25) is 0 Å². The second kappa shape index (κ2) is 9.33. The summed E-state index contributed by atoms with van der Waals surface area (Å²) in [4.78, 5) is 12.5. The number of para-hydroxylation sites is 1. The fraction of sp³-hybridized carbons (Fsp3) is 0.389. The van der Waals surface area contributed by atoms with Crippen molar-refractivity contribution in [3.05, 3.63) is 45.4 Å². The lowest BCUT2D eigenvalue weighted by Crippen LogP contribution is -2.37. The summed E-state index contributed by atoms with van der Waals surface area (Å²) in [6.07, 6.45) is -2.69. The van der Waals surface area contributed by atoms with E-state index in [0.29, 0.717) is 24.1 Å². The number of hydrogen-bond acceptors (Lipinski definition) is 5. The molecule has 0 saturated heterocycles. The summed E-state index contributed by atoms with van der Waals surface area (Å²) in [7, 11) is 0. The monoisotopic (exact) mass is 427 g/mol. The summed E-state index contributed by atoms with van der Waals surface area (Å²) in [5.41, 5.74) is 0.156. The average molecular weight is 428 g/mol. The van der Waals surface area contributed by atoms with Crippen molar-refractivity contribution in [3.8, 4) is 0 Å². The smallest absolute Gasteiger partial charge is 0.357 e. The third-order valence-electron chi connectivity index (χ3n) is 3.76. The summed E-state index contributed by atoms with van der Waals surface area (Å²) in [5.74, 6) is 0.565. The van der Waals surface area contributed by atoms with Crippen LogP contribution in [0.3, 0.4) is 0 Å². The van der Waals surface area contributed by atoms with E-state index in [2.05, 4.69) is 31.7 Å². The first kappa shape index (κ1) is 20.5. The average Bonchev–Trinajstić information content (AvgIpc) is 3.29. The van der Waals surface area contributed by atoms with Crippen molar-refractivity contribution in [3.63, 3.8) is 0 Å². The van der Waals surface area contributed by atoms with Gasteiger partial charge in [0.25, 0.3) is 0 Å². The first-order chi connectivity index (χ1) is 13.5. The van der Waals surface area contributed by atoms with E-state index in [1.807, 2.05) is 25.1 Å². The van der Waals surface area contributed by atoms with Crippen LogP contribution in [0.25, 0.3) is 10.2 Å². The molecule has 2 N–H and O–H groups in total. The molecular formula is C18H20F3N5S2. The number of aryl methyl sites for hydroxylation is 1. The highest BCUT2D eigenvalue weighted by Gasteiger charge is 2.33. The van der Waals surface area contributed by atoms with Crippen LogP contribution in [-0.2, 0) is 19.1 Å². The Morgan fingerprint density at radius 2 is 1.96 bits per heavy atom. The number of alkyl halides is 3. The van der Waals surface area contributed by atoms with Gasteiger partial charge in [0.05, 0.1) is 21.8 Å². The summed E-state index contributed by atoms with van der Waals surface area (Å²) in [6.45, 7) is 3.39. The molecule has 10 heteroatoms. The van der Waals surface area contributed by atoms with Crippen LogP contribution < -0.4 is 10.6 Å². The first-order valence-corrected chi connectivity index (χ1v) is 10.5. The van der Waals surface area contributed by atoms with Gasteiger partial charge in [0, 0.05) is 24.9 Å². The molecule has 0 aliphatic carbocycles. The van der Waals surface area contributed by atoms with Crippen molar-refractivity contribution in [2.45, 2.75) is 32.5 Å². The Morgan fingerprint density at radius 3 is 2.68 bits per heavy atom. The normalized spacial score (nSPS) is 12.5. The molecule has 0 amide bonds. The van der Waals surface area contributed by atoms with Gasteiger partial charge in [-0.15, -0.1) is 22.7 Å². The van der Waals surface area contributed by atoms with E-state index in [1.165, 1.54) is 4.70 Å². The number of benzene rings is 1. The van der Waals surface area contributed by atoms with Crippen LogP contribution in [0.2, 0.25) is 0 Å². The highest BCUT2D eigenvalue weighted by atomic mass is 32.1. The number of nitrogens with one attached hydrogen (secondary N) is 2. The summed E-state index contributed by atoms with van der Waals surface area (Å²) in [5, 5.41) is 8.73. The van der Waals surface area contributed by atoms with Crippen LogP contribution in [-0.4, -0.2) is 29.0 Å². The molecule has 3 aromatic rings. The fourth-order valence-corrected chi connectivity index (χ4v) is 4.21. The number of fused-ring (bicyclic) bond motifs is 1. The first-order valence-electron chi connectivity index (χ1n) is 8.84. The number of rotatable bonds is 7. The number of thiazole rings is 2. The van der Waals surface area contributed by atoms with Gasteiger partial charge < -0.3 is 10.6 Å². The van der Waals surface area contributed by atoms with Gasteiger partial charge in [-0.1, -0.05) is 12.1 Å². The van der Waals surface area contributed by atoms with Crippen LogP contribution in [0.15, 0.2) is 34.6 Å². The fourth-order valence-electron chi connectivity index (χ4n) is 2.48. The van der Waals surface area contributed by atoms with Gasteiger partial charge in [-0.05, 0) is 25.5 Å². The van der Waals surface area contributed by atoms with Gasteiger partial charge in [0.1, 0.15) is 5.01 Å². The highest BCUT2D eigenvalue weighted by molar-refractivity contribution is 7.18. The predicted molar refractivity (Wildman–Crippen MR) is 108 cm³/mol. The van der Waals surface area contributed by atoms with E-state index in [-0.39, 0.29) is 6.54 Å². The largest absolute Gasteiger partial charge is 0.434 e. The van der Waals surface area contributed by atoms with Gasteiger partial charge in [-0.3, -0.25) is 0 Å². The second-order valence-corrected chi connectivity index (χ2v) is 7.98. The lowest BCUT2D eigenvalue weighted by molar-refractivity contribution is -0.140. The van der Waals surface area contributed by atoms with E-state index in [0.717, 1.165) is 40.1 Å². The standard InChI is InChI=1S/C18H20F3N5S2/c1-2-22-17(24-10-16-26-14(11-27-16)18(19,20)21)23-9-5-8-15-25-12-6-3-4-7-13(12)28-15/h3-4,6-7,11H,2,5,8-10H2,1H3,(H2,22,23,24). The molecule has 5 nitrogen and oxygen atoms in total. The molecule has 0 radical (unpaired) electrons. The molecule has 28 heavy (non-hydrogen) atoms. The zero-order valence-electron chi connectivity index (χ0n) is 15.2. The van der Waals surface area contributed by atoms with E-state index < -0.39 is 11.9 Å². The Hall–Kier alpha value is -2.20. The van der Waals surface area contributed by atoms with Crippen molar-refractivity contribution >= 4 is 38.8 Å². The molecule has 0 aliphatic rings. The second-order valence-electron chi connectivity index (χ2n) is 5.93. The molecule has 2 heterocycles. The predicted octanol–water partition coefficient (Wildman–Crippen LogP) is 4.46. The van der Waals surface area contributed by atoms with Crippen LogP contribution in [0.1, 0.15) is 29.1 Å². The maximum Gasteiger partial charge on any atom is 0.434 e. The zero-order valence-corrected chi connectivity index (χ0v) is 16.8. The zero-order chi connectivity index (χ0) is 20.0. The molecule has 0 bridgehead atoms. The maximum atomic E-state index is 12.6. The molecule has 0 fully saturated rings. The van der Waals surface area contributed by atoms with Gasteiger partial charge in [-0.25, -0.2) is 15.0 Å². The lowest BCUT2D eigenvalue weighted by atomic mass is 10.3. The Morgan fingerprint density at radius 1 is 1.14 bits per heavy atom. The summed E-state index contributed by atoms with van der Waals surface area (Å²) < 4.78 is 39.0. The van der Waals surface area contributed by atoms with E-state index in [9.17, 15) is 13.2 Å². The number of guanidine groups is 1. The Bertz CT molecular complexity index is 900. The molecule has 0 spiro atoms. The van der Waals surface area contributed by atoms with E-state index in [1.54, 1.807) is 11.3 Å². The molecule has 3 rings (SSSR count). The Balaban J connectivity index is 1.49. The summed E-state index contributed by atoms with van der Waals surface area (Å²) in [6, 6.07) is 8.05. The minimum atomic E-state index is -4.41. The minimum absolute atomic E-state index is 0.105. The molecular weight excluding hydrogens is 407 g/mol. The van der Waals surface area contributed by atoms with Crippen LogP contribution >= 0.6 is 22.7 Å². The van der Waals surface area contributed by atoms with Crippen molar-refractivity contribution in [1.82, 2.24) is 20.6 Å². The Labute approximate surface area is 168 Å². The molecule has 150 valence electrons. The van der Waals surface area contributed by atoms with E-state index >= 15 is 0 Å². The number of aliphatic imine (C=N–C) groups is 1. The number of aromatic nitrogens is 2. The molecule has 1 aromatic carbocycles. The molecule has 0 atom stereocenters. The lowest BCUT2D eigenvalue weighted by Gasteiger charge is -2.10. The van der Waals surface area contributed by atoms with Crippen molar-refractivity contribution in [1.29, 1.82) is 0 Å². The third kappa shape index (κ3) is 5.65. The number of halogens is 3. The van der Waals surface area contributed by atoms with Crippen LogP contribution in [0.5, 0.6) is 0 Å². The molecule has 0 saturated carbocycles. The SMILES string of the molecule is CCNC(=NCc1nc(C(F)(F)F)cs1)NCCCc1nc2ccccc2s1. The van der Waals surface area contributed by atoms with Crippen molar-refractivity contribution < 1.29 is 13.2 Å². The van der Waals surface area contributed by atoms with Crippen molar-refractivity contribution in [2.24, 2.45) is 4.99 Å². The topological polar surface area (TPSA) is 62.2 Å². The van der Waals surface area contributed by atoms with Crippen molar-refractivity contribution in [2.75, 3.05) is 13.1 Å². The van der Waals surface area contributed by atoms with Gasteiger partial charge in [-0.2, -0.15) is 13.2 Å². The number of nitrogens with zero attached hydrogens (tertiary/aromatic N) is 3. The molecule has 0 aliphatic heterocycles. The van der Waals surface area contributed by atoms with Crippen LogP contribution in [0.4, 0.5) is 13.2 Å². The maximum absolute atomic E-state index is 12.6. The van der Waals surface area contributed by atoms with Gasteiger partial charge in [0.15, 0.2) is 11.7 Å². The quantitative estimate of drug-likeness (QED) is 0.332.